The molecule has 5 nitrogen and oxygen atoms in total. The Morgan fingerprint density at radius 2 is 2.10 bits per heavy atom. The van der Waals surface area contributed by atoms with Crippen LogP contribution in [0.3, 0.4) is 0 Å². The van der Waals surface area contributed by atoms with Gasteiger partial charge in [0.15, 0.2) is 0 Å². The monoisotopic (exact) mass is 314 g/mol. The first-order valence-corrected chi connectivity index (χ1v) is 7.30. The standard InChI is InChI=1S/C14H19FN2O3S/c1-8-4-5-9(6-10(8)15)17-11(18)7-21-14(2,3)12(16)13(19)20/h4-6,12H,7,16H2,1-3H3,(H,17,18)(H,19,20)/t12-/m0/s1. The minimum atomic E-state index is -1.12. The molecule has 0 aromatic heterocycles. The quantitative estimate of drug-likeness (QED) is 0.747. The highest BCUT2D eigenvalue weighted by atomic mass is 32.2. The molecule has 21 heavy (non-hydrogen) atoms. The van der Waals surface area contributed by atoms with E-state index in [1.165, 1.54) is 6.07 Å². The number of hydrogen-bond acceptors (Lipinski definition) is 4. The van der Waals surface area contributed by atoms with Crippen molar-refractivity contribution in [1.29, 1.82) is 0 Å². The molecule has 1 aromatic carbocycles. The van der Waals surface area contributed by atoms with E-state index in [2.05, 4.69) is 5.32 Å². The van der Waals surface area contributed by atoms with Crippen molar-refractivity contribution in [3.05, 3.63) is 29.6 Å². The highest BCUT2D eigenvalue weighted by Gasteiger charge is 2.33. The molecule has 0 aliphatic heterocycles. The van der Waals surface area contributed by atoms with Crippen molar-refractivity contribution in [2.75, 3.05) is 11.1 Å². The topological polar surface area (TPSA) is 92.4 Å². The van der Waals surface area contributed by atoms with Crippen molar-refractivity contribution in [3.63, 3.8) is 0 Å². The van der Waals surface area contributed by atoms with Crippen LogP contribution in [0.1, 0.15) is 19.4 Å². The first-order valence-electron chi connectivity index (χ1n) is 6.32. The Hall–Kier alpha value is -1.60. The molecule has 0 saturated heterocycles. The second-order valence-corrected chi connectivity index (χ2v) is 6.85. The molecule has 0 unspecified atom stereocenters. The number of halogens is 1. The summed E-state index contributed by atoms with van der Waals surface area (Å²) in [7, 11) is 0. The minimum Gasteiger partial charge on any atom is -0.480 e. The van der Waals surface area contributed by atoms with Gasteiger partial charge in [0, 0.05) is 10.4 Å². The smallest absolute Gasteiger partial charge is 0.321 e. The van der Waals surface area contributed by atoms with Crippen LogP contribution in [0.2, 0.25) is 0 Å². The van der Waals surface area contributed by atoms with E-state index in [4.69, 9.17) is 10.8 Å². The van der Waals surface area contributed by atoms with E-state index < -0.39 is 22.6 Å². The number of carboxylic acids is 1. The van der Waals surface area contributed by atoms with Gasteiger partial charge in [-0.3, -0.25) is 9.59 Å². The van der Waals surface area contributed by atoms with Crippen molar-refractivity contribution in [2.45, 2.75) is 31.6 Å². The Morgan fingerprint density at radius 3 is 2.62 bits per heavy atom. The van der Waals surface area contributed by atoms with Crippen LogP contribution in [0, 0.1) is 12.7 Å². The van der Waals surface area contributed by atoms with Crippen molar-refractivity contribution in [2.24, 2.45) is 5.73 Å². The van der Waals surface area contributed by atoms with E-state index in [0.717, 1.165) is 11.8 Å². The lowest BCUT2D eigenvalue weighted by atomic mass is 10.1. The van der Waals surface area contributed by atoms with Gasteiger partial charge >= 0.3 is 5.97 Å². The van der Waals surface area contributed by atoms with Crippen molar-refractivity contribution >= 4 is 29.3 Å². The van der Waals surface area contributed by atoms with Crippen LogP contribution < -0.4 is 11.1 Å². The second-order valence-electron chi connectivity index (χ2n) is 5.22. The summed E-state index contributed by atoms with van der Waals surface area (Å²) in [5.74, 6) is -1.82. The maximum Gasteiger partial charge on any atom is 0.321 e. The fourth-order valence-corrected chi connectivity index (χ4v) is 2.36. The summed E-state index contributed by atoms with van der Waals surface area (Å²) >= 11 is 1.14. The van der Waals surface area contributed by atoms with Gasteiger partial charge in [0.25, 0.3) is 0 Å². The normalized spacial score (nSPS) is 12.8. The Balaban J connectivity index is 2.58. The molecule has 0 aliphatic carbocycles. The number of aryl methyl sites for hydroxylation is 1. The molecule has 7 heteroatoms. The molecule has 0 saturated carbocycles. The maximum absolute atomic E-state index is 13.4. The third-order valence-electron chi connectivity index (χ3n) is 3.05. The van der Waals surface area contributed by atoms with E-state index in [1.54, 1.807) is 32.9 Å². The van der Waals surface area contributed by atoms with Gasteiger partial charge in [-0.15, -0.1) is 11.8 Å². The van der Waals surface area contributed by atoms with Crippen LogP contribution >= 0.6 is 11.8 Å². The molecule has 4 N–H and O–H groups in total. The van der Waals surface area contributed by atoms with Gasteiger partial charge in [-0.1, -0.05) is 6.07 Å². The van der Waals surface area contributed by atoms with Gasteiger partial charge in [0.2, 0.25) is 5.91 Å². The molecule has 0 bridgehead atoms. The molecule has 0 aliphatic rings. The predicted octanol–water partition coefficient (Wildman–Crippen LogP) is 2.00. The van der Waals surface area contributed by atoms with E-state index in [0.29, 0.717) is 11.3 Å². The van der Waals surface area contributed by atoms with Crippen molar-refractivity contribution < 1.29 is 19.1 Å². The maximum atomic E-state index is 13.4. The van der Waals surface area contributed by atoms with Crippen LogP contribution in [0.4, 0.5) is 10.1 Å². The molecule has 0 spiro atoms. The SMILES string of the molecule is Cc1ccc(NC(=O)CSC(C)(C)[C@@H](N)C(=O)O)cc1F. The number of benzene rings is 1. The highest BCUT2D eigenvalue weighted by Crippen LogP contribution is 2.27. The number of carboxylic acid groups (broad SMARTS) is 1. The van der Waals surface area contributed by atoms with Gasteiger partial charge in [-0.2, -0.15) is 0 Å². The van der Waals surface area contributed by atoms with Crippen LogP contribution in [0.25, 0.3) is 0 Å². The summed E-state index contributed by atoms with van der Waals surface area (Å²) < 4.78 is 12.6. The molecule has 116 valence electrons. The average Bonchev–Trinajstić information content (AvgIpc) is 2.40. The number of carbonyl (C=O) groups is 2. The first kappa shape index (κ1) is 17.5. The fourth-order valence-electron chi connectivity index (χ4n) is 1.51. The van der Waals surface area contributed by atoms with Gasteiger partial charge in [0.1, 0.15) is 11.9 Å². The largest absolute Gasteiger partial charge is 0.480 e. The van der Waals surface area contributed by atoms with Gasteiger partial charge < -0.3 is 16.2 Å². The summed E-state index contributed by atoms with van der Waals surface area (Å²) in [6.45, 7) is 4.96. The number of hydrogen-bond donors (Lipinski definition) is 3. The Kier molecular flexibility index (Phi) is 5.74. The number of carbonyl (C=O) groups excluding carboxylic acids is 1. The third kappa shape index (κ3) is 5.02. The molecular weight excluding hydrogens is 295 g/mol. The first-order chi connectivity index (χ1) is 9.63. The number of thioether (sulfide) groups is 1. The Morgan fingerprint density at radius 1 is 1.48 bits per heavy atom. The molecule has 1 aromatic rings. The summed E-state index contributed by atoms with van der Waals surface area (Å²) in [6, 6.07) is 3.34. The number of anilines is 1. The Labute approximate surface area is 127 Å². The molecule has 1 amide bonds. The molecule has 1 atom stereocenters. The molecule has 0 radical (unpaired) electrons. The fraction of sp³-hybridized carbons (Fsp3) is 0.429. The third-order valence-corrected chi connectivity index (χ3v) is 4.45. The van der Waals surface area contributed by atoms with Gasteiger partial charge in [-0.25, -0.2) is 4.39 Å². The number of aliphatic carboxylic acids is 1. The lowest BCUT2D eigenvalue weighted by Crippen LogP contribution is -2.47. The second kappa shape index (κ2) is 6.91. The van der Waals surface area contributed by atoms with Crippen LogP contribution in [-0.4, -0.2) is 33.5 Å². The molecular formula is C14H19FN2O3S. The highest BCUT2D eigenvalue weighted by molar-refractivity contribution is 8.01. The molecule has 0 heterocycles. The average molecular weight is 314 g/mol. The van der Waals surface area contributed by atoms with Gasteiger partial charge in [-0.05, 0) is 38.5 Å². The van der Waals surface area contributed by atoms with Crippen LogP contribution in [0.15, 0.2) is 18.2 Å². The summed E-state index contributed by atoms with van der Waals surface area (Å²) in [6.07, 6.45) is 0. The lowest BCUT2D eigenvalue weighted by Gasteiger charge is -2.27. The number of rotatable bonds is 6. The number of nitrogens with one attached hydrogen (secondary N) is 1. The van der Waals surface area contributed by atoms with E-state index >= 15 is 0 Å². The minimum absolute atomic E-state index is 0.0312. The number of amides is 1. The zero-order valence-corrected chi connectivity index (χ0v) is 13.0. The van der Waals surface area contributed by atoms with Crippen molar-refractivity contribution in [1.82, 2.24) is 0 Å². The summed E-state index contributed by atoms with van der Waals surface area (Å²) in [4.78, 5) is 22.7. The van der Waals surface area contributed by atoms with Crippen LogP contribution in [-0.2, 0) is 9.59 Å². The number of nitrogens with two attached hydrogens (primary N) is 1. The zero-order valence-electron chi connectivity index (χ0n) is 12.1. The molecule has 0 fully saturated rings. The van der Waals surface area contributed by atoms with Crippen LogP contribution in [0.5, 0.6) is 0 Å². The zero-order chi connectivity index (χ0) is 16.2. The van der Waals surface area contributed by atoms with E-state index in [9.17, 15) is 14.0 Å². The predicted molar refractivity (Wildman–Crippen MR) is 81.9 cm³/mol. The molecule has 1 rings (SSSR count). The van der Waals surface area contributed by atoms with E-state index in [1.807, 2.05) is 0 Å². The van der Waals surface area contributed by atoms with Gasteiger partial charge in [0.05, 0.1) is 5.75 Å². The van der Waals surface area contributed by atoms with Crippen molar-refractivity contribution in [3.8, 4) is 0 Å². The lowest BCUT2D eigenvalue weighted by molar-refractivity contribution is -0.139. The summed E-state index contributed by atoms with van der Waals surface area (Å²) in [5, 5.41) is 11.5. The Bertz CT molecular complexity index is 549. The van der Waals surface area contributed by atoms with E-state index in [-0.39, 0.29) is 11.7 Å². The summed E-state index contributed by atoms with van der Waals surface area (Å²) in [5.41, 5.74) is 6.43.